The maximum Gasteiger partial charge on any atom is 0.268 e. The number of carbonyl (C=O) groups excluding carboxylic acids is 2. The number of primary amides is 1. The Hall–Kier alpha value is -2.02. The van der Waals surface area contributed by atoms with E-state index in [0.29, 0.717) is 17.9 Å². The van der Waals surface area contributed by atoms with Crippen molar-refractivity contribution in [3.63, 3.8) is 0 Å². The van der Waals surface area contributed by atoms with Crippen molar-refractivity contribution in [2.24, 2.45) is 5.73 Å². The van der Waals surface area contributed by atoms with Crippen LogP contribution in [0.2, 0.25) is 0 Å². The smallest absolute Gasteiger partial charge is 0.268 e. The Morgan fingerprint density at radius 1 is 1.47 bits per heavy atom. The summed E-state index contributed by atoms with van der Waals surface area (Å²) in [6, 6.07) is 1.77. The summed E-state index contributed by atoms with van der Waals surface area (Å²) in [5.74, 6) is -0.763. The van der Waals surface area contributed by atoms with Crippen LogP contribution in [0.1, 0.15) is 30.4 Å². The Bertz CT molecular complexity index is 454. The minimum absolute atomic E-state index is 0.143. The van der Waals surface area contributed by atoms with Crippen LogP contribution in [-0.2, 0) is 9.53 Å². The van der Waals surface area contributed by atoms with E-state index < -0.39 is 5.91 Å². The number of ether oxygens (including phenoxy) is 1. The van der Waals surface area contributed by atoms with Crippen molar-refractivity contribution in [2.45, 2.75) is 19.9 Å². The number of anilines is 1. The Morgan fingerprint density at radius 3 is 2.74 bits per heavy atom. The van der Waals surface area contributed by atoms with Crippen LogP contribution in [0.15, 0.2) is 12.3 Å². The van der Waals surface area contributed by atoms with Gasteiger partial charge in [-0.1, -0.05) is 0 Å². The molecular formula is C12H20N4O3. The van der Waals surface area contributed by atoms with Gasteiger partial charge < -0.3 is 26.1 Å². The first kappa shape index (κ1) is 15.0. The summed E-state index contributed by atoms with van der Waals surface area (Å²) in [5, 5.41) is 2.69. The summed E-state index contributed by atoms with van der Waals surface area (Å²) in [4.78, 5) is 22.4. The lowest BCUT2D eigenvalue weighted by Crippen LogP contribution is -2.30. The Kier molecular flexibility index (Phi) is 5.37. The van der Waals surface area contributed by atoms with Gasteiger partial charge in [0.1, 0.15) is 12.3 Å². The zero-order valence-electron chi connectivity index (χ0n) is 11.2. The summed E-state index contributed by atoms with van der Waals surface area (Å²) in [7, 11) is 0. The van der Waals surface area contributed by atoms with Gasteiger partial charge in [0.15, 0.2) is 0 Å². The Morgan fingerprint density at radius 2 is 2.16 bits per heavy atom. The lowest BCUT2D eigenvalue weighted by atomic mass is 10.3. The molecule has 0 spiro atoms. The van der Waals surface area contributed by atoms with Crippen molar-refractivity contribution in [3.05, 3.63) is 18.0 Å². The Balaban J connectivity index is 2.47. The number of amides is 2. The van der Waals surface area contributed by atoms with Gasteiger partial charge in [-0.05, 0) is 19.9 Å². The molecule has 7 heteroatoms. The van der Waals surface area contributed by atoms with Crippen molar-refractivity contribution >= 4 is 17.5 Å². The minimum atomic E-state index is -0.534. The molecule has 19 heavy (non-hydrogen) atoms. The van der Waals surface area contributed by atoms with E-state index in [-0.39, 0.29) is 25.2 Å². The van der Waals surface area contributed by atoms with Gasteiger partial charge in [0.05, 0.1) is 12.3 Å². The third-order valence-electron chi connectivity index (χ3n) is 2.43. The molecule has 2 amide bonds. The molecule has 1 heterocycles. The summed E-state index contributed by atoms with van der Waals surface area (Å²) in [6.45, 7) is 4.31. The standard InChI is InChI=1S/C12H20N4O3/c1-8(2)16-6-9(13)5-10(16)12(18)15-3-4-19-7-11(14)17/h5-6,8H,3-4,7,13H2,1-2H3,(H2,14,17)(H,15,18). The van der Waals surface area contributed by atoms with Gasteiger partial charge in [0.2, 0.25) is 5.91 Å². The molecule has 106 valence electrons. The number of hydrogen-bond acceptors (Lipinski definition) is 4. The number of nitrogens with two attached hydrogens (primary N) is 2. The molecule has 7 nitrogen and oxygen atoms in total. The molecule has 5 N–H and O–H groups in total. The molecule has 0 fully saturated rings. The van der Waals surface area contributed by atoms with Gasteiger partial charge in [0.25, 0.3) is 5.91 Å². The van der Waals surface area contributed by atoms with Crippen molar-refractivity contribution in [3.8, 4) is 0 Å². The molecule has 0 aliphatic carbocycles. The fourth-order valence-corrected chi connectivity index (χ4v) is 1.61. The largest absolute Gasteiger partial charge is 0.397 e. The highest BCUT2D eigenvalue weighted by atomic mass is 16.5. The number of carbonyl (C=O) groups is 2. The maximum atomic E-state index is 11.9. The van der Waals surface area contributed by atoms with Gasteiger partial charge in [-0.2, -0.15) is 0 Å². The van der Waals surface area contributed by atoms with E-state index in [0.717, 1.165) is 0 Å². The number of nitrogens with zero attached hydrogens (tertiary/aromatic N) is 1. The van der Waals surface area contributed by atoms with Crippen molar-refractivity contribution in [1.82, 2.24) is 9.88 Å². The molecule has 0 aliphatic heterocycles. The number of hydrogen-bond donors (Lipinski definition) is 3. The fourth-order valence-electron chi connectivity index (χ4n) is 1.61. The second-order valence-corrected chi connectivity index (χ2v) is 4.43. The van der Waals surface area contributed by atoms with Crippen molar-refractivity contribution in [1.29, 1.82) is 0 Å². The van der Waals surface area contributed by atoms with Gasteiger partial charge in [-0.25, -0.2) is 0 Å². The minimum Gasteiger partial charge on any atom is -0.397 e. The zero-order chi connectivity index (χ0) is 14.4. The molecule has 0 radical (unpaired) electrons. The average Bonchev–Trinajstić information content (AvgIpc) is 2.70. The van der Waals surface area contributed by atoms with Crippen LogP contribution in [0.3, 0.4) is 0 Å². The summed E-state index contributed by atoms with van der Waals surface area (Å²) >= 11 is 0. The Labute approximate surface area is 111 Å². The molecule has 0 saturated heterocycles. The number of nitrogens with one attached hydrogen (secondary N) is 1. The van der Waals surface area contributed by atoms with Gasteiger partial charge in [0, 0.05) is 18.8 Å². The number of rotatable bonds is 7. The quantitative estimate of drug-likeness (QED) is 0.598. The fraction of sp³-hybridized carbons (Fsp3) is 0.500. The van der Waals surface area contributed by atoms with Gasteiger partial charge in [-0.3, -0.25) is 9.59 Å². The van der Waals surface area contributed by atoms with Crippen LogP contribution in [0.4, 0.5) is 5.69 Å². The normalized spacial score (nSPS) is 10.7. The predicted octanol–water partition coefficient (Wildman–Crippen LogP) is -0.117. The van der Waals surface area contributed by atoms with Gasteiger partial charge in [-0.15, -0.1) is 0 Å². The average molecular weight is 268 g/mol. The van der Waals surface area contributed by atoms with Crippen LogP contribution >= 0.6 is 0 Å². The summed E-state index contributed by atoms with van der Waals surface area (Å²) < 4.78 is 6.74. The monoisotopic (exact) mass is 268 g/mol. The van der Waals surface area contributed by atoms with Crippen LogP contribution < -0.4 is 16.8 Å². The molecular weight excluding hydrogens is 248 g/mol. The molecule has 0 aliphatic rings. The van der Waals surface area contributed by atoms with Crippen LogP contribution in [0.25, 0.3) is 0 Å². The summed E-state index contributed by atoms with van der Waals surface area (Å²) in [5.41, 5.74) is 11.6. The van der Waals surface area contributed by atoms with Crippen LogP contribution in [0, 0.1) is 0 Å². The van der Waals surface area contributed by atoms with E-state index >= 15 is 0 Å². The third kappa shape index (κ3) is 4.63. The van der Waals surface area contributed by atoms with E-state index in [1.807, 2.05) is 13.8 Å². The second kappa shape index (κ2) is 6.79. The second-order valence-electron chi connectivity index (χ2n) is 4.43. The van der Waals surface area contributed by atoms with E-state index in [1.54, 1.807) is 16.8 Å². The molecule has 0 saturated carbocycles. The zero-order valence-corrected chi connectivity index (χ0v) is 11.2. The number of nitrogen functional groups attached to an aromatic ring is 1. The first-order valence-corrected chi connectivity index (χ1v) is 6.03. The highest BCUT2D eigenvalue weighted by Crippen LogP contribution is 2.16. The lowest BCUT2D eigenvalue weighted by Gasteiger charge is -2.12. The molecule has 1 aromatic rings. The molecule has 0 atom stereocenters. The maximum absolute atomic E-state index is 11.9. The van der Waals surface area contributed by atoms with Crippen molar-refractivity contribution in [2.75, 3.05) is 25.5 Å². The van der Waals surface area contributed by atoms with Crippen LogP contribution in [0.5, 0.6) is 0 Å². The summed E-state index contributed by atoms with van der Waals surface area (Å²) in [6.07, 6.45) is 1.73. The van der Waals surface area contributed by atoms with E-state index in [1.165, 1.54) is 0 Å². The van der Waals surface area contributed by atoms with Crippen LogP contribution in [-0.4, -0.2) is 36.1 Å². The van der Waals surface area contributed by atoms with Crippen molar-refractivity contribution < 1.29 is 14.3 Å². The highest BCUT2D eigenvalue weighted by molar-refractivity contribution is 5.93. The molecule has 0 unspecified atom stereocenters. The predicted molar refractivity (Wildman–Crippen MR) is 71.6 cm³/mol. The van der Waals surface area contributed by atoms with E-state index in [2.05, 4.69) is 5.32 Å². The number of aromatic nitrogens is 1. The lowest BCUT2D eigenvalue weighted by molar-refractivity contribution is -0.122. The molecule has 0 aromatic carbocycles. The molecule has 0 bridgehead atoms. The first-order chi connectivity index (χ1) is 8.91. The van der Waals surface area contributed by atoms with Gasteiger partial charge >= 0.3 is 0 Å². The highest BCUT2D eigenvalue weighted by Gasteiger charge is 2.14. The topological polar surface area (TPSA) is 112 Å². The molecule has 1 rings (SSSR count). The third-order valence-corrected chi connectivity index (χ3v) is 2.43. The van der Waals surface area contributed by atoms with E-state index in [9.17, 15) is 9.59 Å². The SMILES string of the molecule is CC(C)n1cc(N)cc1C(=O)NCCOCC(N)=O. The first-order valence-electron chi connectivity index (χ1n) is 6.03. The molecule has 1 aromatic heterocycles. The van der Waals surface area contributed by atoms with E-state index in [4.69, 9.17) is 16.2 Å².